The lowest BCUT2D eigenvalue weighted by Gasteiger charge is -2.25. The molecule has 0 fully saturated rings. The predicted molar refractivity (Wildman–Crippen MR) is 197 cm³/mol. The first-order valence-electron chi connectivity index (χ1n) is 14.5. The highest BCUT2D eigenvalue weighted by molar-refractivity contribution is 14.1. The molecule has 0 N–H and O–H groups in total. The van der Waals surface area contributed by atoms with E-state index in [2.05, 4.69) is 38.5 Å². The Labute approximate surface area is 307 Å². The number of allylic oxidation sites excluding steroid dienone is 1. The number of methoxy groups -OCH3 is 1. The third-order valence-corrected chi connectivity index (χ3v) is 9.92. The van der Waals surface area contributed by atoms with Crippen molar-refractivity contribution in [2.24, 2.45) is 4.99 Å². The van der Waals surface area contributed by atoms with E-state index in [9.17, 15) is 9.59 Å². The van der Waals surface area contributed by atoms with Crippen LogP contribution in [0.2, 0.25) is 10.0 Å². The maximum absolute atomic E-state index is 14.3. The molecule has 0 radical (unpaired) electrons. The van der Waals surface area contributed by atoms with Crippen molar-refractivity contribution in [1.82, 2.24) is 4.57 Å². The van der Waals surface area contributed by atoms with E-state index in [4.69, 9.17) is 47.1 Å². The van der Waals surface area contributed by atoms with Crippen molar-refractivity contribution in [3.05, 3.63) is 114 Å². The number of aromatic nitrogens is 1. The molecule has 1 atom stereocenters. The second kappa shape index (κ2) is 15.1. The second-order valence-corrected chi connectivity index (χ2v) is 14.6. The van der Waals surface area contributed by atoms with Gasteiger partial charge in [0.1, 0.15) is 12.4 Å². The van der Waals surface area contributed by atoms with Gasteiger partial charge in [0, 0.05) is 25.6 Å². The molecule has 0 aliphatic carbocycles. The van der Waals surface area contributed by atoms with Gasteiger partial charge in [0.2, 0.25) is 0 Å². The van der Waals surface area contributed by atoms with Gasteiger partial charge in [-0.2, -0.15) is 0 Å². The van der Waals surface area contributed by atoms with Crippen LogP contribution in [0.3, 0.4) is 0 Å². The molecule has 0 amide bonds. The zero-order valence-corrected chi connectivity index (χ0v) is 32.1. The van der Waals surface area contributed by atoms with E-state index in [0.717, 1.165) is 13.6 Å². The fourth-order valence-electron chi connectivity index (χ4n) is 5.08. The second-order valence-electron chi connectivity index (χ2n) is 10.7. The van der Waals surface area contributed by atoms with Crippen molar-refractivity contribution in [1.29, 1.82) is 0 Å². The van der Waals surface area contributed by atoms with Gasteiger partial charge in [-0.15, -0.1) is 0 Å². The molecule has 0 saturated heterocycles. The maximum Gasteiger partial charge on any atom is 0.338 e. The van der Waals surface area contributed by atoms with Crippen LogP contribution in [0.25, 0.3) is 6.08 Å². The highest BCUT2D eigenvalue weighted by Crippen LogP contribution is 2.37. The lowest BCUT2D eigenvalue weighted by atomic mass is 9.95. The lowest BCUT2D eigenvalue weighted by molar-refractivity contribution is -0.139. The third kappa shape index (κ3) is 7.75. The van der Waals surface area contributed by atoms with E-state index >= 15 is 0 Å². The molecule has 2 heterocycles. The third-order valence-electron chi connectivity index (χ3n) is 7.09. The van der Waals surface area contributed by atoms with Crippen LogP contribution in [-0.4, -0.2) is 30.4 Å². The number of benzene rings is 3. The fourth-order valence-corrected chi connectivity index (χ4v) is 8.29. The summed E-state index contributed by atoms with van der Waals surface area (Å²) in [6.45, 7) is 7.68. The minimum absolute atomic E-state index is 0.0808. The lowest BCUT2D eigenvalue weighted by Crippen LogP contribution is -2.40. The van der Waals surface area contributed by atoms with Crippen molar-refractivity contribution < 1.29 is 23.7 Å². The van der Waals surface area contributed by atoms with Crippen molar-refractivity contribution in [3.8, 4) is 17.2 Å². The Morgan fingerprint density at radius 1 is 1.15 bits per heavy atom. The summed E-state index contributed by atoms with van der Waals surface area (Å²) in [6, 6.07) is 13.6. The number of esters is 1. The van der Waals surface area contributed by atoms with Crippen molar-refractivity contribution in [3.63, 3.8) is 0 Å². The Balaban J connectivity index is 1.66. The van der Waals surface area contributed by atoms with E-state index in [1.165, 1.54) is 15.9 Å². The predicted octanol–water partition coefficient (Wildman–Crippen LogP) is 7.85. The maximum atomic E-state index is 14.3. The zero-order valence-electron chi connectivity index (χ0n) is 26.0. The average Bonchev–Trinajstić information content (AvgIpc) is 3.30. The number of thiazole rings is 1. The largest absolute Gasteiger partial charge is 0.493 e. The van der Waals surface area contributed by atoms with E-state index in [0.29, 0.717) is 53.5 Å². The van der Waals surface area contributed by atoms with Crippen LogP contribution in [0.15, 0.2) is 74.1 Å². The first kappa shape index (κ1) is 35.5. The van der Waals surface area contributed by atoms with Crippen LogP contribution in [0.4, 0.5) is 0 Å². The Hall–Kier alpha value is -2.84. The Morgan fingerprint density at radius 3 is 2.60 bits per heavy atom. The summed E-state index contributed by atoms with van der Waals surface area (Å²) in [5.41, 5.74) is 2.49. The highest BCUT2D eigenvalue weighted by Gasteiger charge is 2.34. The van der Waals surface area contributed by atoms with Gasteiger partial charge in [-0.3, -0.25) is 9.36 Å². The molecule has 246 valence electrons. The molecule has 5 rings (SSSR count). The summed E-state index contributed by atoms with van der Waals surface area (Å²) < 4.78 is 26.9. The summed E-state index contributed by atoms with van der Waals surface area (Å²) in [7, 11) is 1.55. The molecule has 0 saturated carbocycles. The summed E-state index contributed by atoms with van der Waals surface area (Å²) in [4.78, 5) is 32.8. The van der Waals surface area contributed by atoms with E-state index < -0.39 is 12.0 Å². The normalized spacial score (nSPS) is 14.6. The minimum Gasteiger partial charge on any atom is -0.493 e. The molecule has 8 nitrogen and oxygen atoms in total. The van der Waals surface area contributed by atoms with Crippen LogP contribution < -0.4 is 29.1 Å². The van der Waals surface area contributed by atoms with Gasteiger partial charge >= 0.3 is 5.97 Å². The van der Waals surface area contributed by atoms with E-state index in [-0.39, 0.29) is 30.5 Å². The molecule has 13 heteroatoms. The van der Waals surface area contributed by atoms with Crippen LogP contribution in [0.5, 0.6) is 17.2 Å². The monoisotopic (exact) mass is 870 g/mol. The first-order chi connectivity index (χ1) is 22.4. The number of hydrogen-bond acceptors (Lipinski definition) is 8. The first-order valence-corrected chi connectivity index (χ1v) is 18.0. The molecule has 0 spiro atoms. The summed E-state index contributed by atoms with van der Waals surface area (Å²) in [5.74, 6) is 1.06. The number of halogens is 4. The number of hydrogen-bond donors (Lipinski definition) is 0. The molecule has 47 heavy (non-hydrogen) atoms. The Bertz CT molecular complexity index is 2080. The van der Waals surface area contributed by atoms with Crippen molar-refractivity contribution in [2.75, 3.05) is 13.7 Å². The molecule has 1 aliphatic heterocycles. The molecule has 0 unspecified atom stereocenters. The zero-order chi connectivity index (χ0) is 34.0. The summed E-state index contributed by atoms with van der Waals surface area (Å²) in [5, 5.41) is 1.03. The van der Waals surface area contributed by atoms with Gasteiger partial charge in [-0.25, -0.2) is 9.79 Å². The average molecular weight is 872 g/mol. The quantitative estimate of drug-likeness (QED) is 0.119. The SMILES string of the molecule is CCOC(=O)C1=C(C)N=c2s/c(=C/c3cc(Br)cc(I)c3OCc3ccc(Cl)cc3Cl)c(=O)n2[C@@H]1c1ccc(OC(C)C)c(OC)c1. The van der Waals surface area contributed by atoms with Gasteiger partial charge in [0.25, 0.3) is 5.56 Å². The van der Waals surface area contributed by atoms with Crippen molar-refractivity contribution in [2.45, 2.75) is 46.4 Å². The number of carbonyl (C=O) groups excluding carboxylic acids is 1. The molecular weight excluding hydrogens is 842 g/mol. The molecule has 4 aromatic rings. The van der Waals surface area contributed by atoms with Gasteiger partial charge in [-0.05, 0) is 98.3 Å². The Kier molecular flexibility index (Phi) is 11.4. The van der Waals surface area contributed by atoms with Gasteiger partial charge in [-0.1, -0.05) is 62.6 Å². The van der Waals surface area contributed by atoms with Crippen LogP contribution in [0, 0.1) is 3.57 Å². The van der Waals surface area contributed by atoms with Gasteiger partial charge < -0.3 is 18.9 Å². The van der Waals surface area contributed by atoms with E-state index in [1.54, 1.807) is 51.3 Å². The van der Waals surface area contributed by atoms with Crippen LogP contribution in [-0.2, 0) is 16.1 Å². The number of rotatable bonds is 10. The number of ether oxygens (including phenoxy) is 4. The number of nitrogens with zero attached hydrogens (tertiary/aromatic N) is 2. The highest BCUT2D eigenvalue weighted by atomic mass is 127. The van der Waals surface area contributed by atoms with Crippen molar-refractivity contribution >= 4 is 85.1 Å². The smallest absolute Gasteiger partial charge is 0.338 e. The number of carbonyl (C=O) groups is 1. The van der Waals surface area contributed by atoms with Gasteiger partial charge in [0.05, 0.1) is 45.2 Å². The molecule has 1 aliphatic rings. The van der Waals surface area contributed by atoms with Crippen LogP contribution >= 0.6 is 73.1 Å². The van der Waals surface area contributed by atoms with Gasteiger partial charge in [0.15, 0.2) is 16.3 Å². The summed E-state index contributed by atoms with van der Waals surface area (Å²) >= 11 is 19.5. The molecule has 1 aromatic heterocycles. The summed E-state index contributed by atoms with van der Waals surface area (Å²) in [6.07, 6.45) is 1.69. The molecule has 3 aromatic carbocycles. The minimum atomic E-state index is -0.820. The molecule has 0 bridgehead atoms. The topological polar surface area (TPSA) is 88.4 Å². The fraction of sp³-hybridized carbons (Fsp3) is 0.265. The standard InChI is InChI=1S/C34H30BrCl2IN2O6S/c1-6-44-33(42)29-18(4)39-34-40(30(29)19-8-10-26(46-17(2)3)27(12-19)43-5)32(41)28(47-34)13-21-11-22(35)14-25(38)31(21)45-16-20-7-9-23(36)15-24(20)37/h7-15,17,30H,6,16H2,1-5H3/b28-13+/t30-/m1/s1. The Morgan fingerprint density at radius 2 is 1.91 bits per heavy atom. The number of fused-ring (bicyclic) bond motifs is 1. The van der Waals surface area contributed by atoms with E-state index in [1.807, 2.05) is 38.1 Å². The van der Waals surface area contributed by atoms with Crippen LogP contribution in [0.1, 0.15) is 50.4 Å². The molecular formula is C34H30BrCl2IN2O6S.